The molecule has 1 aromatic heterocycles. The van der Waals surface area contributed by atoms with Crippen LogP contribution in [0.15, 0.2) is 69.6 Å². The Morgan fingerprint density at radius 1 is 1.12 bits per heavy atom. The van der Waals surface area contributed by atoms with E-state index in [2.05, 4.69) is 4.99 Å². The zero-order valence-electron chi connectivity index (χ0n) is 19.5. The monoisotopic (exact) mass is 478 g/mol. The maximum absolute atomic E-state index is 13.6. The minimum atomic E-state index is -0.654. The van der Waals surface area contributed by atoms with Gasteiger partial charge in [-0.2, -0.15) is 0 Å². The second-order valence-electron chi connectivity index (χ2n) is 7.58. The van der Waals surface area contributed by atoms with E-state index in [9.17, 15) is 9.59 Å². The third-order valence-electron chi connectivity index (χ3n) is 5.42. The molecule has 0 bridgehead atoms. The van der Waals surface area contributed by atoms with Crippen molar-refractivity contribution in [2.45, 2.75) is 26.8 Å². The number of carbonyl (C=O) groups is 1. The van der Waals surface area contributed by atoms with Crippen LogP contribution in [0.2, 0.25) is 0 Å². The van der Waals surface area contributed by atoms with Crippen molar-refractivity contribution in [3.63, 3.8) is 0 Å². The topological polar surface area (TPSA) is 79.1 Å². The summed E-state index contributed by atoms with van der Waals surface area (Å²) in [7, 11) is 1.60. The molecule has 1 aliphatic rings. The molecule has 0 saturated carbocycles. The number of aromatic nitrogens is 1. The third-order valence-corrected chi connectivity index (χ3v) is 6.40. The van der Waals surface area contributed by atoms with E-state index in [4.69, 9.17) is 14.2 Å². The number of hydrogen-bond acceptors (Lipinski definition) is 7. The fourth-order valence-corrected chi connectivity index (χ4v) is 4.95. The fourth-order valence-electron chi connectivity index (χ4n) is 3.90. The molecule has 1 atom stereocenters. The zero-order valence-corrected chi connectivity index (χ0v) is 20.3. The Kier molecular flexibility index (Phi) is 6.98. The quantitative estimate of drug-likeness (QED) is 0.488. The Bertz CT molecular complexity index is 1420. The number of fused-ring (bicyclic) bond motifs is 1. The first-order valence-corrected chi connectivity index (χ1v) is 11.8. The van der Waals surface area contributed by atoms with Crippen molar-refractivity contribution in [2.75, 3.05) is 20.3 Å². The molecule has 0 amide bonds. The van der Waals surface area contributed by atoms with Gasteiger partial charge in [0, 0.05) is 0 Å². The van der Waals surface area contributed by atoms with E-state index in [1.165, 1.54) is 11.3 Å². The minimum Gasteiger partial charge on any atom is -0.497 e. The van der Waals surface area contributed by atoms with Crippen molar-refractivity contribution in [3.8, 4) is 11.5 Å². The molecular weight excluding hydrogens is 452 g/mol. The molecule has 4 rings (SSSR count). The van der Waals surface area contributed by atoms with Gasteiger partial charge in [0.1, 0.15) is 11.5 Å². The Labute approximate surface area is 201 Å². The van der Waals surface area contributed by atoms with Crippen molar-refractivity contribution in [3.05, 3.63) is 90.6 Å². The molecule has 2 heterocycles. The van der Waals surface area contributed by atoms with Crippen LogP contribution in [-0.2, 0) is 9.53 Å². The van der Waals surface area contributed by atoms with Crippen molar-refractivity contribution in [1.82, 2.24) is 4.57 Å². The van der Waals surface area contributed by atoms with Crippen LogP contribution < -0.4 is 24.4 Å². The molecule has 0 spiro atoms. The highest BCUT2D eigenvalue weighted by molar-refractivity contribution is 7.07. The van der Waals surface area contributed by atoms with Crippen LogP contribution in [0, 0.1) is 0 Å². The lowest BCUT2D eigenvalue weighted by molar-refractivity contribution is -0.139. The van der Waals surface area contributed by atoms with Gasteiger partial charge in [-0.05, 0) is 62.2 Å². The number of esters is 1. The smallest absolute Gasteiger partial charge is 0.338 e. The van der Waals surface area contributed by atoms with Gasteiger partial charge in [0.05, 0.1) is 42.2 Å². The third kappa shape index (κ3) is 4.54. The predicted molar refractivity (Wildman–Crippen MR) is 131 cm³/mol. The summed E-state index contributed by atoms with van der Waals surface area (Å²) in [5, 5.41) is 0. The van der Waals surface area contributed by atoms with E-state index < -0.39 is 12.0 Å². The number of carbonyl (C=O) groups excluding carboxylic acids is 1. The molecule has 0 N–H and O–H groups in total. The van der Waals surface area contributed by atoms with E-state index >= 15 is 0 Å². The van der Waals surface area contributed by atoms with Gasteiger partial charge in [-0.1, -0.05) is 35.6 Å². The lowest BCUT2D eigenvalue weighted by atomic mass is 9.96. The Hall–Kier alpha value is -3.65. The van der Waals surface area contributed by atoms with E-state index in [1.54, 1.807) is 25.5 Å². The summed E-state index contributed by atoms with van der Waals surface area (Å²) in [4.78, 5) is 31.7. The summed E-state index contributed by atoms with van der Waals surface area (Å²) in [6.07, 6.45) is 1.81. The van der Waals surface area contributed by atoms with Crippen molar-refractivity contribution in [1.29, 1.82) is 0 Å². The van der Waals surface area contributed by atoms with Gasteiger partial charge >= 0.3 is 5.97 Å². The van der Waals surface area contributed by atoms with Crippen molar-refractivity contribution < 1.29 is 19.0 Å². The Morgan fingerprint density at radius 3 is 2.56 bits per heavy atom. The van der Waals surface area contributed by atoms with Crippen molar-refractivity contribution >= 4 is 23.4 Å². The number of allylic oxidation sites excluding steroid dienone is 1. The molecule has 34 heavy (non-hydrogen) atoms. The van der Waals surface area contributed by atoms with Gasteiger partial charge in [-0.3, -0.25) is 9.36 Å². The highest BCUT2D eigenvalue weighted by Gasteiger charge is 2.33. The molecule has 0 unspecified atom stereocenters. The van der Waals surface area contributed by atoms with Gasteiger partial charge in [0.25, 0.3) is 5.56 Å². The van der Waals surface area contributed by atoms with Crippen LogP contribution >= 0.6 is 11.3 Å². The summed E-state index contributed by atoms with van der Waals surface area (Å²) in [6.45, 7) is 6.22. The Balaban J connectivity index is 1.90. The second-order valence-corrected chi connectivity index (χ2v) is 8.59. The van der Waals surface area contributed by atoms with Gasteiger partial charge in [0.15, 0.2) is 4.80 Å². The van der Waals surface area contributed by atoms with Crippen LogP contribution in [0.4, 0.5) is 0 Å². The predicted octanol–water partition coefficient (Wildman–Crippen LogP) is 3.21. The van der Waals surface area contributed by atoms with Crippen molar-refractivity contribution in [2.24, 2.45) is 4.99 Å². The summed E-state index contributed by atoms with van der Waals surface area (Å²) in [5.74, 6) is 0.939. The number of thiazole rings is 1. The van der Waals surface area contributed by atoms with Gasteiger partial charge < -0.3 is 14.2 Å². The molecule has 0 saturated heterocycles. The summed E-state index contributed by atoms with van der Waals surface area (Å²) in [5.41, 5.74) is 2.27. The average molecular weight is 479 g/mol. The largest absolute Gasteiger partial charge is 0.497 e. The molecule has 0 radical (unpaired) electrons. The SMILES string of the molecule is CCOC(=O)C1=C(C)N=c2s/c(=C\c3cccc(OC)c3)c(=O)n2[C@@H]1c1ccc(OCC)cc1. The minimum absolute atomic E-state index is 0.222. The zero-order chi connectivity index (χ0) is 24.2. The average Bonchev–Trinajstić information content (AvgIpc) is 3.13. The molecule has 1 aliphatic heterocycles. The lowest BCUT2D eigenvalue weighted by Crippen LogP contribution is -2.39. The van der Waals surface area contributed by atoms with E-state index in [0.717, 1.165) is 16.9 Å². The first kappa shape index (κ1) is 23.5. The molecule has 3 aromatic rings. The molecule has 0 fully saturated rings. The van der Waals surface area contributed by atoms with Crippen LogP contribution in [0.5, 0.6) is 11.5 Å². The fraction of sp³-hybridized carbons (Fsp3) is 0.269. The lowest BCUT2D eigenvalue weighted by Gasteiger charge is -2.24. The van der Waals surface area contributed by atoms with Gasteiger partial charge in [-0.15, -0.1) is 0 Å². The molecular formula is C26H26N2O5S. The number of rotatable bonds is 7. The van der Waals surface area contributed by atoms with E-state index in [0.29, 0.717) is 33.0 Å². The number of hydrogen-bond donors (Lipinski definition) is 0. The highest BCUT2D eigenvalue weighted by Crippen LogP contribution is 2.31. The van der Waals surface area contributed by atoms with Crippen LogP contribution in [0.25, 0.3) is 6.08 Å². The van der Waals surface area contributed by atoms with Crippen LogP contribution in [0.3, 0.4) is 0 Å². The maximum Gasteiger partial charge on any atom is 0.338 e. The molecule has 176 valence electrons. The van der Waals surface area contributed by atoms with E-state index in [1.807, 2.05) is 61.5 Å². The maximum atomic E-state index is 13.6. The standard InChI is InChI=1S/C26H26N2O5S/c1-5-32-19-12-10-18(11-13-19)23-22(25(30)33-6-2)16(3)27-26-28(23)24(29)21(34-26)15-17-8-7-9-20(14-17)31-4/h7-15,23H,5-6H2,1-4H3/b21-15-/t23-/m1/s1. The number of methoxy groups -OCH3 is 1. The van der Waals surface area contributed by atoms with Crippen LogP contribution in [-0.4, -0.2) is 30.9 Å². The summed E-state index contributed by atoms with van der Waals surface area (Å²) < 4.78 is 18.3. The van der Waals surface area contributed by atoms with Crippen LogP contribution in [0.1, 0.15) is 37.9 Å². The van der Waals surface area contributed by atoms with E-state index in [-0.39, 0.29) is 12.2 Å². The first-order valence-electron chi connectivity index (χ1n) is 11.0. The second kappa shape index (κ2) is 10.1. The molecule has 2 aromatic carbocycles. The normalized spacial score (nSPS) is 15.5. The number of nitrogens with zero attached hydrogens (tertiary/aromatic N) is 2. The summed E-state index contributed by atoms with van der Waals surface area (Å²) in [6, 6.07) is 14.2. The first-order chi connectivity index (χ1) is 16.5. The van der Waals surface area contributed by atoms with Gasteiger partial charge in [-0.25, -0.2) is 9.79 Å². The number of benzene rings is 2. The summed E-state index contributed by atoms with van der Waals surface area (Å²) >= 11 is 1.29. The Morgan fingerprint density at radius 2 is 1.88 bits per heavy atom. The molecule has 0 aliphatic carbocycles. The highest BCUT2D eigenvalue weighted by atomic mass is 32.1. The van der Waals surface area contributed by atoms with Gasteiger partial charge in [0.2, 0.25) is 0 Å². The molecule has 8 heteroatoms. The molecule has 7 nitrogen and oxygen atoms in total. The number of ether oxygens (including phenoxy) is 3.